The van der Waals surface area contributed by atoms with Crippen LogP contribution in [0, 0.1) is 0 Å². The van der Waals surface area contributed by atoms with E-state index in [0.717, 1.165) is 5.56 Å². The number of fused-ring (bicyclic) bond motifs is 1. The topological polar surface area (TPSA) is 66.1 Å². The van der Waals surface area contributed by atoms with Crippen LogP contribution < -0.4 is 19.9 Å². The van der Waals surface area contributed by atoms with Gasteiger partial charge in [-0.3, -0.25) is 0 Å². The summed E-state index contributed by atoms with van der Waals surface area (Å²) in [6, 6.07) is 11.2. The van der Waals surface area contributed by atoms with Gasteiger partial charge in [-0.05, 0) is 29.8 Å². The molecule has 0 saturated carbocycles. The van der Waals surface area contributed by atoms with E-state index < -0.39 is 0 Å². The number of nitrogens with zero attached hydrogens (tertiary/aromatic N) is 1. The maximum Gasteiger partial charge on any atom is 0.231 e. The highest BCUT2D eigenvalue weighted by Crippen LogP contribution is 2.40. The Labute approximate surface area is 143 Å². The third-order valence-electron chi connectivity index (χ3n) is 3.19. The van der Waals surface area contributed by atoms with Gasteiger partial charge in [-0.25, -0.2) is 4.99 Å². The number of thioether (sulfide) groups is 1. The molecule has 3 rings (SSSR count). The molecule has 1 aliphatic heterocycles. The summed E-state index contributed by atoms with van der Waals surface area (Å²) in [5.74, 6) is 2.56. The number of para-hydroxylation sites is 2. The maximum atomic E-state index is 6.17. The van der Waals surface area contributed by atoms with Gasteiger partial charge < -0.3 is 19.9 Å². The second-order valence-electron chi connectivity index (χ2n) is 4.72. The van der Waals surface area contributed by atoms with Crippen molar-refractivity contribution in [3.63, 3.8) is 0 Å². The van der Waals surface area contributed by atoms with E-state index in [9.17, 15) is 0 Å². The molecule has 2 N–H and O–H groups in total. The predicted octanol–water partition coefficient (Wildman–Crippen LogP) is 3.96. The molecule has 23 heavy (non-hydrogen) atoms. The van der Waals surface area contributed by atoms with Crippen LogP contribution in [-0.4, -0.2) is 19.1 Å². The molecule has 0 amide bonds. The van der Waals surface area contributed by atoms with Crippen LogP contribution in [0.3, 0.4) is 0 Å². The zero-order chi connectivity index (χ0) is 16.2. The van der Waals surface area contributed by atoms with Gasteiger partial charge in [0.05, 0.1) is 12.1 Å². The van der Waals surface area contributed by atoms with E-state index in [1.807, 2.05) is 36.4 Å². The lowest BCUT2D eigenvalue weighted by Crippen LogP contribution is -2.06. The fourth-order valence-electron chi connectivity index (χ4n) is 2.13. The van der Waals surface area contributed by atoms with Crippen LogP contribution >= 0.6 is 23.4 Å². The van der Waals surface area contributed by atoms with Crippen molar-refractivity contribution in [2.24, 2.45) is 10.7 Å². The van der Waals surface area contributed by atoms with Crippen LogP contribution in [0.5, 0.6) is 17.2 Å². The highest BCUT2D eigenvalue weighted by atomic mass is 35.5. The highest BCUT2D eigenvalue weighted by molar-refractivity contribution is 8.13. The van der Waals surface area contributed by atoms with E-state index in [0.29, 0.717) is 38.9 Å². The summed E-state index contributed by atoms with van der Waals surface area (Å²) in [4.78, 5) is 4.38. The smallest absolute Gasteiger partial charge is 0.231 e. The molecule has 7 heteroatoms. The number of nitrogens with two attached hydrogens (primary N) is 1. The molecule has 0 spiro atoms. The number of methoxy groups -OCH3 is 1. The van der Waals surface area contributed by atoms with Crippen LogP contribution in [0.2, 0.25) is 5.02 Å². The van der Waals surface area contributed by atoms with Crippen LogP contribution in [0.25, 0.3) is 0 Å². The lowest BCUT2D eigenvalue weighted by molar-refractivity contribution is 0.174. The molecule has 0 aromatic heterocycles. The lowest BCUT2D eigenvalue weighted by atomic mass is 10.2. The summed E-state index contributed by atoms with van der Waals surface area (Å²) in [5, 5.41) is 0.985. The van der Waals surface area contributed by atoms with Crippen LogP contribution in [-0.2, 0) is 5.75 Å². The second-order valence-corrected chi connectivity index (χ2v) is 6.12. The van der Waals surface area contributed by atoms with Crippen molar-refractivity contribution in [3.8, 4) is 17.2 Å². The minimum atomic E-state index is 0.197. The molecule has 0 atom stereocenters. The quantitative estimate of drug-likeness (QED) is 0.668. The monoisotopic (exact) mass is 350 g/mol. The molecule has 0 bridgehead atoms. The molecular weight excluding hydrogens is 336 g/mol. The first kappa shape index (κ1) is 15.8. The summed E-state index contributed by atoms with van der Waals surface area (Å²) in [6.45, 7) is 0.197. The minimum absolute atomic E-state index is 0.197. The van der Waals surface area contributed by atoms with Crippen molar-refractivity contribution in [2.45, 2.75) is 5.75 Å². The molecule has 120 valence electrons. The molecule has 0 saturated heterocycles. The molecule has 2 aromatic rings. The standard InChI is InChI=1S/C16H15ClN2O3S/c1-20-13-5-3-2-4-12(13)19-16(18)23-8-10-6-11(17)15-14(7-10)21-9-22-15/h2-7H,8-9H2,1H3,(H2,18,19). The fourth-order valence-corrected chi connectivity index (χ4v) is 3.07. The van der Waals surface area contributed by atoms with E-state index in [1.165, 1.54) is 11.8 Å². The average Bonchev–Trinajstić information content (AvgIpc) is 3.02. The van der Waals surface area contributed by atoms with E-state index >= 15 is 0 Å². The van der Waals surface area contributed by atoms with Gasteiger partial charge in [0.25, 0.3) is 0 Å². The molecule has 2 aromatic carbocycles. The third kappa shape index (κ3) is 3.65. The molecule has 0 radical (unpaired) electrons. The Morgan fingerprint density at radius 3 is 3.00 bits per heavy atom. The first-order chi connectivity index (χ1) is 11.2. The van der Waals surface area contributed by atoms with Crippen molar-refractivity contribution in [2.75, 3.05) is 13.9 Å². The van der Waals surface area contributed by atoms with E-state index in [4.69, 9.17) is 31.5 Å². The van der Waals surface area contributed by atoms with Gasteiger partial charge in [-0.2, -0.15) is 0 Å². The largest absolute Gasteiger partial charge is 0.494 e. The molecule has 0 unspecified atom stereocenters. The van der Waals surface area contributed by atoms with Gasteiger partial charge in [0.2, 0.25) is 6.79 Å². The van der Waals surface area contributed by atoms with E-state index in [2.05, 4.69) is 4.99 Å². The SMILES string of the molecule is COc1ccccc1N=C(N)SCc1cc(Cl)c2c(c1)OCO2. The number of rotatable bonds is 4. The third-order valence-corrected chi connectivity index (χ3v) is 4.34. The summed E-state index contributed by atoms with van der Waals surface area (Å²) in [7, 11) is 1.60. The molecule has 5 nitrogen and oxygen atoms in total. The van der Waals surface area contributed by atoms with Crippen molar-refractivity contribution in [1.29, 1.82) is 0 Å². The number of hydrogen-bond donors (Lipinski definition) is 1. The molecule has 0 aliphatic carbocycles. The Kier molecular flexibility index (Phi) is 4.83. The van der Waals surface area contributed by atoms with E-state index in [-0.39, 0.29) is 6.79 Å². The number of halogens is 1. The zero-order valence-electron chi connectivity index (χ0n) is 12.4. The van der Waals surface area contributed by atoms with Crippen molar-refractivity contribution in [1.82, 2.24) is 0 Å². The normalized spacial score (nSPS) is 13.2. The molecular formula is C16H15ClN2O3S. The van der Waals surface area contributed by atoms with Crippen LogP contribution in [0.1, 0.15) is 5.56 Å². The summed E-state index contributed by atoms with van der Waals surface area (Å²) >= 11 is 7.58. The predicted molar refractivity (Wildman–Crippen MR) is 93.1 cm³/mol. The van der Waals surface area contributed by atoms with Gasteiger partial charge in [0.1, 0.15) is 11.4 Å². The second kappa shape index (κ2) is 7.02. The Bertz CT molecular complexity index is 752. The summed E-state index contributed by atoms with van der Waals surface area (Å²) in [6.07, 6.45) is 0. The first-order valence-corrected chi connectivity index (χ1v) is 8.21. The average molecular weight is 351 g/mol. The Balaban J connectivity index is 1.71. The van der Waals surface area contributed by atoms with Gasteiger partial charge in [-0.1, -0.05) is 35.5 Å². The minimum Gasteiger partial charge on any atom is -0.494 e. The van der Waals surface area contributed by atoms with Crippen LogP contribution in [0.4, 0.5) is 5.69 Å². The lowest BCUT2D eigenvalue weighted by Gasteiger charge is -2.06. The van der Waals surface area contributed by atoms with Gasteiger partial charge in [0, 0.05) is 5.75 Å². The van der Waals surface area contributed by atoms with Gasteiger partial charge in [0.15, 0.2) is 16.7 Å². The number of ether oxygens (including phenoxy) is 3. The molecule has 0 fully saturated rings. The van der Waals surface area contributed by atoms with Gasteiger partial charge in [-0.15, -0.1) is 0 Å². The maximum absolute atomic E-state index is 6.17. The first-order valence-electron chi connectivity index (χ1n) is 6.85. The van der Waals surface area contributed by atoms with Crippen molar-refractivity contribution in [3.05, 3.63) is 47.0 Å². The Morgan fingerprint density at radius 1 is 1.35 bits per heavy atom. The van der Waals surface area contributed by atoms with Crippen molar-refractivity contribution >= 4 is 34.2 Å². The highest BCUT2D eigenvalue weighted by Gasteiger charge is 2.18. The summed E-state index contributed by atoms with van der Waals surface area (Å²) in [5.41, 5.74) is 7.68. The Hall–Kier alpha value is -2.05. The molecule has 1 heterocycles. The van der Waals surface area contributed by atoms with Crippen LogP contribution in [0.15, 0.2) is 41.4 Å². The molecule has 1 aliphatic rings. The number of benzene rings is 2. The number of aliphatic imine (C=N–C) groups is 1. The van der Waals surface area contributed by atoms with E-state index in [1.54, 1.807) is 7.11 Å². The zero-order valence-corrected chi connectivity index (χ0v) is 14.0. The number of hydrogen-bond acceptors (Lipinski definition) is 5. The summed E-state index contributed by atoms with van der Waals surface area (Å²) < 4.78 is 15.9. The Morgan fingerprint density at radius 2 is 2.17 bits per heavy atom. The van der Waals surface area contributed by atoms with Gasteiger partial charge >= 0.3 is 0 Å². The fraction of sp³-hybridized carbons (Fsp3) is 0.188. The van der Waals surface area contributed by atoms with Crippen molar-refractivity contribution < 1.29 is 14.2 Å². The number of amidine groups is 1.